The zero-order valence-electron chi connectivity index (χ0n) is 17.1. The number of nitrogens with zero attached hydrogens (tertiary/aromatic N) is 1. The minimum Gasteiger partial charge on any atom is -0.490 e. The molecule has 0 aromatic heterocycles. The van der Waals surface area contributed by atoms with Crippen LogP contribution in [-0.4, -0.2) is 19.1 Å². The molecule has 6 heteroatoms. The number of rotatable bonds is 8. The van der Waals surface area contributed by atoms with E-state index in [1.54, 1.807) is 12.1 Å². The number of halogens is 1. The molecule has 29 heavy (non-hydrogen) atoms. The van der Waals surface area contributed by atoms with Crippen LogP contribution in [0.3, 0.4) is 0 Å². The number of ether oxygens (including phenoxy) is 2. The number of nitriles is 1. The molecule has 2 rings (SSSR count). The zero-order valence-corrected chi connectivity index (χ0v) is 18.7. The molecule has 0 radical (unpaired) electrons. The molecule has 0 aliphatic heterocycles. The van der Waals surface area contributed by atoms with Gasteiger partial charge in [0.25, 0.3) is 5.91 Å². The lowest BCUT2D eigenvalue weighted by molar-refractivity contribution is -0.112. The van der Waals surface area contributed by atoms with E-state index in [9.17, 15) is 10.1 Å². The number of anilines is 1. The van der Waals surface area contributed by atoms with Gasteiger partial charge in [0.05, 0.1) is 17.7 Å². The summed E-state index contributed by atoms with van der Waals surface area (Å²) in [6, 6.07) is 11.2. The van der Waals surface area contributed by atoms with Crippen LogP contribution < -0.4 is 14.8 Å². The van der Waals surface area contributed by atoms with Crippen LogP contribution in [-0.2, 0) is 4.79 Å². The highest BCUT2D eigenvalue weighted by Gasteiger charge is 2.15. The summed E-state index contributed by atoms with van der Waals surface area (Å²) < 4.78 is 12.2. The van der Waals surface area contributed by atoms with Gasteiger partial charge in [-0.25, -0.2) is 0 Å². The molecule has 2 aromatic rings. The Labute approximate surface area is 180 Å². The van der Waals surface area contributed by atoms with Crippen molar-refractivity contribution in [1.82, 2.24) is 0 Å². The van der Waals surface area contributed by atoms with Gasteiger partial charge in [0.2, 0.25) is 0 Å². The molecule has 1 N–H and O–H groups in total. The van der Waals surface area contributed by atoms with Crippen molar-refractivity contribution in [3.63, 3.8) is 0 Å². The van der Waals surface area contributed by atoms with Crippen molar-refractivity contribution in [3.05, 3.63) is 57.1 Å². The predicted molar refractivity (Wildman–Crippen MR) is 119 cm³/mol. The Bertz CT molecular complexity index is 961. The van der Waals surface area contributed by atoms with Crippen LogP contribution in [0.15, 0.2) is 40.4 Å². The molecule has 5 nitrogen and oxygen atoms in total. The maximum Gasteiger partial charge on any atom is 0.266 e. The summed E-state index contributed by atoms with van der Waals surface area (Å²) >= 11 is 3.50. The molecular formula is C23H25BrN2O3. The molecule has 0 saturated heterocycles. The highest BCUT2D eigenvalue weighted by molar-refractivity contribution is 9.10. The maximum absolute atomic E-state index is 12.6. The zero-order chi connectivity index (χ0) is 21.4. The molecule has 0 saturated carbocycles. The first-order chi connectivity index (χ1) is 13.9. The Hall–Kier alpha value is -2.78. The minimum absolute atomic E-state index is 0.00230. The molecule has 0 atom stereocenters. The minimum atomic E-state index is -0.457. The molecule has 1 amide bonds. The number of carbonyl (C=O) groups excluding carboxylic acids is 1. The van der Waals surface area contributed by atoms with Crippen molar-refractivity contribution in [1.29, 1.82) is 5.26 Å². The Balaban J connectivity index is 2.35. The first-order valence-corrected chi connectivity index (χ1v) is 10.3. The normalized spacial score (nSPS) is 11.0. The quantitative estimate of drug-likeness (QED) is 0.402. The molecule has 0 spiro atoms. The molecule has 0 fully saturated rings. The highest BCUT2D eigenvalue weighted by Crippen LogP contribution is 2.37. The topological polar surface area (TPSA) is 71.3 Å². The SMILES string of the molecule is CCCOc1c(Br)cc(/C=C(/C#N)C(=O)Nc2cccc(C)c2C)cc1OCC. The van der Waals surface area contributed by atoms with E-state index < -0.39 is 5.91 Å². The smallest absolute Gasteiger partial charge is 0.266 e. The number of nitrogens with one attached hydrogen (secondary N) is 1. The van der Waals surface area contributed by atoms with Crippen molar-refractivity contribution < 1.29 is 14.3 Å². The third kappa shape index (κ3) is 5.85. The van der Waals surface area contributed by atoms with Gasteiger partial charge in [-0.05, 0) is 84.1 Å². The van der Waals surface area contributed by atoms with Gasteiger partial charge >= 0.3 is 0 Å². The lowest BCUT2D eigenvalue weighted by Crippen LogP contribution is -2.14. The second-order valence-corrected chi connectivity index (χ2v) is 7.34. The van der Waals surface area contributed by atoms with Crippen LogP contribution >= 0.6 is 15.9 Å². The van der Waals surface area contributed by atoms with Crippen molar-refractivity contribution in [2.75, 3.05) is 18.5 Å². The lowest BCUT2D eigenvalue weighted by atomic mass is 10.1. The molecular weight excluding hydrogens is 432 g/mol. The number of amides is 1. The first-order valence-electron chi connectivity index (χ1n) is 9.49. The van der Waals surface area contributed by atoms with Gasteiger partial charge in [0.1, 0.15) is 11.6 Å². The lowest BCUT2D eigenvalue weighted by Gasteiger charge is -2.14. The van der Waals surface area contributed by atoms with Gasteiger partial charge in [0.15, 0.2) is 11.5 Å². The average Bonchev–Trinajstić information content (AvgIpc) is 2.69. The van der Waals surface area contributed by atoms with Crippen molar-refractivity contribution in [3.8, 4) is 17.6 Å². The molecule has 0 heterocycles. The summed E-state index contributed by atoms with van der Waals surface area (Å²) in [7, 11) is 0. The van der Waals surface area contributed by atoms with Crippen molar-refractivity contribution in [2.45, 2.75) is 34.1 Å². The van der Waals surface area contributed by atoms with Gasteiger partial charge in [-0.2, -0.15) is 5.26 Å². The largest absolute Gasteiger partial charge is 0.490 e. The summed E-state index contributed by atoms with van der Waals surface area (Å²) in [6.07, 6.45) is 2.41. The number of hydrogen-bond donors (Lipinski definition) is 1. The fourth-order valence-electron chi connectivity index (χ4n) is 2.67. The van der Waals surface area contributed by atoms with Gasteiger partial charge < -0.3 is 14.8 Å². The van der Waals surface area contributed by atoms with Crippen molar-refractivity contribution >= 4 is 33.6 Å². The van der Waals surface area contributed by atoms with E-state index in [1.807, 2.05) is 52.0 Å². The average molecular weight is 457 g/mol. The summed E-state index contributed by atoms with van der Waals surface area (Å²) in [6.45, 7) is 8.86. The number of benzene rings is 2. The highest BCUT2D eigenvalue weighted by atomic mass is 79.9. The Morgan fingerprint density at radius 2 is 2.00 bits per heavy atom. The Morgan fingerprint density at radius 1 is 1.24 bits per heavy atom. The van der Waals surface area contributed by atoms with E-state index >= 15 is 0 Å². The predicted octanol–water partition coefficient (Wildman–Crippen LogP) is 5.80. The van der Waals surface area contributed by atoms with Crippen LogP contribution in [0.2, 0.25) is 0 Å². The number of aryl methyl sites for hydroxylation is 1. The fraction of sp³-hybridized carbons (Fsp3) is 0.304. The fourth-order valence-corrected chi connectivity index (χ4v) is 3.24. The summed E-state index contributed by atoms with van der Waals surface area (Å²) in [5.74, 6) is 0.722. The number of hydrogen-bond acceptors (Lipinski definition) is 4. The molecule has 0 bridgehead atoms. The van der Waals surface area contributed by atoms with E-state index in [1.165, 1.54) is 6.08 Å². The van der Waals surface area contributed by atoms with Gasteiger partial charge in [-0.15, -0.1) is 0 Å². The maximum atomic E-state index is 12.6. The molecule has 0 aliphatic carbocycles. The molecule has 2 aromatic carbocycles. The van der Waals surface area contributed by atoms with E-state index in [4.69, 9.17) is 9.47 Å². The van der Waals surface area contributed by atoms with E-state index in [0.29, 0.717) is 40.4 Å². The second-order valence-electron chi connectivity index (χ2n) is 6.48. The Morgan fingerprint density at radius 3 is 2.66 bits per heavy atom. The second kappa shape index (κ2) is 10.7. The summed E-state index contributed by atoms with van der Waals surface area (Å²) in [5.41, 5.74) is 3.39. The monoisotopic (exact) mass is 456 g/mol. The van der Waals surface area contributed by atoms with Crippen LogP contribution in [0.1, 0.15) is 37.0 Å². The van der Waals surface area contributed by atoms with Gasteiger partial charge in [-0.1, -0.05) is 19.1 Å². The van der Waals surface area contributed by atoms with Gasteiger partial charge in [0, 0.05) is 5.69 Å². The van der Waals surface area contributed by atoms with E-state index in [2.05, 4.69) is 21.2 Å². The summed E-state index contributed by atoms with van der Waals surface area (Å²) in [5, 5.41) is 12.3. The van der Waals surface area contributed by atoms with Crippen LogP contribution in [0.4, 0.5) is 5.69 Å². The number of carbonyl (C=O) groups is 1. The van der Waals surface area contributed by atoms with Crippen LogP contribution in [0, 0.1) is 25.2 Å². The Kier molecular flexibility index (Phi) is 8.29. The summed E-state index contributed by atoms with van der Waals surface area (Å²) in [4.78, 5) is 12.6. The van der Waals surface area contributed by atoms with E-state index in [-0.39, 0.29) is 5.57 Å². The molecule has 0 aliphatic rings. The third-order valence-electron chi connectivity index (χ3n) is 4.31. The van der Waals surface area contributed by atoms with Crippen molar-refractivity contribution in [2.24, 2.45) is 0 Å². The van der Waals surface area contributed by atoms with Gasteiger partial charge in [-0.3, -0.25) is 4.79 Å². The third-order valence-corrected chi connectivity index (χ3v) is 4.90. The van der Waals surface area contributed by atoms with E-state index in [0.717, 1.165) is 17.5 Å². The molecule has 152 valence electrons. The molecule has 0 unspecified atom stereocenters. The van der Waals surface area contributed by atoms with Crippen LogP contribution in [0.25, 0.3) is 6.08 Å². The van der Waals surface area contributed by atoms with Crippen LogP contribution in [0.5, 0.6) is 11.5 Å². The standard InChI is InChI=1S/C23H25BrN2O3/c1-5-10-29-22-19(24)12-17(13-21(22)28-6-2)11-18(14-25)23(27)26-20-9-7-8-15(3)16(20)4/h7-9,11-13H,5-6,10H2,1-4H3,(H,26,27)/b18-11-. The first kappa shape index (κ1) is 22.5.